The molecule has 1 N–H and O–H groups in total. The number of nitrogens with zero attached hydrogens (tertiary/aromatic N) is 3. The lowest BCUT2D eigenvalue weighted by atomic mass is 10.2. The molecule has 0 radical (unpaired) electrons. The fourth-order valence-electron chi connectivity index (χ4n) is 2.24. The van der Waals surface area contributed by atoms with Gasteiger partial charge in [0.05, 0.1) is 18.0 Å². The second-order valence-corrected chi connectivity index (χ2v) is 6.40. The molecule has 0 unspecified atom stereocenters. The van der Waals surface area contributed by atoms with E-state index >= 15 is 0 Å². The number of carbonyl (C=O) groups is 1. The van der Waals surface area contributed by atoms with E-state index in [9.17, 15) is 4.79 Å². The molecule has 0 spiro atoms. The summed E-state index contributed by atoms with van der Waals surface area (Å²) < 4.78 is 7.50. The number of ether oxygens (including phenoxy) is 1. The van der Waals surface area contributed by atoms with E-state index in [0.717, 1.165) is 11.3 Å². The van der Waals surface area contributed by atoms with Gasteiger partial charge in [0.25, 0.3) is 0 Å². The summed E-state index contributed by atoms with van der Waals surface area (Å²) >= 11 is 0. The molecule has 1 heterocycles. The minimum absolute atomic E-state index is 0.124. The van der Waals surface area contributed by atoms with E-state index in [1.165, 1.54) is 0 Å². The van der Waals surface area contributed by atoms with Crippen molar-refractivity contribution in [2.24, 2.45) is 0 Å². The van der Waals surface area contributed by atoms with E-state index in [1.54, 1.807) is 18.1 Å². The highest BCUT2D eigenvalue weighted by atomic mass is 16.5. The second-order valence-electron chi connectivity index (χ2n) is 6.40. The molecule has 2 amide bonds. The SMILES string of the molecule is CC(C)Oc1cccc(CN(C)C(=O)Nc2cnn(C(C)C)c2)c1. The molecule has 0 aliphatic carbocycles. The third-order valence-corrected chi connectivity index (χ3v) is 3.42. The Labute approximate surface area is 143 Å². The van der Waals surface area contributed by atoms with Gasteiger partial charge >= 0.3 is 6.03 Å². The lowest BCUT2D eigenvalue weighted by Crippen LogP contribution is -2.30. The fraction of sp³-hybridized carbons (Fsp3) is 0.444. The maximum Gasteiger partial charge on any atom is 0.321 e. The molecular weight excluding hydrogens is 304 g/mol. The molecule has 0 aliphatic rings. The standard InChI is InChI=1S/C18H26N4O2/c1-13(2)22-12-16(10-19-22)20-18(23)21(5)11-15-7-6-8-17(9-15)24-14(3)4/h6-10,12-14H,11H2,1-5H3,(H,20,23). The van der Waals surface area contributed by atoms with Crippen LogP contribution in [0.4, 0.5) is 10.5 Å². The number of urea groups is 1. The predicted octanol–water partition coefficient (Wildman–Crippen LogP) is 3.92. The van der Waals surface area contributed by atoms with Gasteiger partial charge in [-0.3, -0.25) is 4.68 Å². The van der Waals surface area contributed by atoms with Crippen LogP contribution in [0.2, 0.25) is 0 Å². The van der Waals surface area contributed by atoms with Gasteiger partial charge in [-0.15, -0.1) is 0 Å². The van der Waals surface area contributed by atoms with Crippen LogP contribution in [0.25, 0.3) is 0 Å². The quantitative estimate of drug-likeness (QED) is 0.873. The molecule has 0 saturated carbocycles. The Balaban J connectivity index is 1.95. The van der Waals surface area contributed by atoms with Crippen LogP contribution in [-0.4, -0.2) is 33.9 Å². The summed E-state index contributed by atoms with van der Waals surface area (Å²) in [6.45, 7) is 8.56. The van der Waals surface area contributed by atoms with Gasteiger partial charge in [-0.25, -0.2) is 4.79 Å². The number of hydrogen-bond acceptors (Lipinski definition) is 3. The van der Waals surface area contributed by atoms with Crippen LogP contribution in [0.1, 0.15) is 39.3 Å². The average molecular weight is 330 g/mol. The van der Waals surface area contributed by atoms with E-state index in [1.807, 2.05) is 62.8 Å². The zero-order chi connectivity index (χ0) is 17.7. The Morgan fingerprint density at radius 2 is 2.08 bits per heavy atom. The largest absolute Gasteiger partial charge is 0.491 e. The lowest BCUT2D eigenvalue weighted by Gasteiger charge is -2.18. The first-order chi connectivity index (χ1) is 11.3. The van der Waals surface area contributed by atoms with Crippen LogP contribution in [0.5, 0.6) is 5.75 Å². The molecule has 6 heteroatoms. The van der Waals surface area contributed by atoms with Gasteiger partial charge in [0.1, 0.15) is 5.75 Å². The Bertz CT molecular complexity index is 679. The lowest BCUT2D eigenvalue weighted by molar-refractivity contribution is 0.220. The third kappa shape index (κ3) is 5.01. The van der Waals surface area contributed by atoms with Gasteiger partial charge in [-0.05, 0) is 45.4 Å². The molecule has 2 rings (SSSR count). The highest BCUT2D eigenvalue weighted by Gasteiger charge is 2.12. The van der Waals surface area contributed by atoms with Gasteiger partial charge in [0, 0.05) is 25.8 Å². The van der Waals surface area contributed by atoms with Crippen molar-refractivity contribution >= 4 is 11.7 Å². The summed E-state index contributed by atoms with van der Waals surface area (Å²) in [4.78, 5) is 13.9. The van der Waals surface area contributed by atoms with E-state index in [-0.39, 0.29) is 18.2 Å². The van der Waals surface area contributed by atoms with Crippen LogP contribution in [0, 0.1) is 0 Å². The molecule has 0 saturated heterocycles. The van der Waals surface area contributed by atoms with Crippen molar-refractivity contribution in [3.63, 3.8) is 0 Å². The molecule has 0 aliphatic heterocycles. The molecule has 0 atom stereocenters. The van der Waals surface area contributed by atoms with Gasteiger partial charge in [0.2, 0.25) is 0 Å². The van der Waals surface area contributed by atoms with E-state index in [4.69, 9.17) is 4.74 Å². The van der Waals surface area contributed by atoms with Crippen molar-refractivity contribution in [3.05, 3.63) is 42.2 Å². The Morgan fingerprint density at radius 1 is 1.33 bits per heavy atom. The maximum atomic E-state index is 12.3. The van der Waals surface area contributed by atoms with Crippen molar-refractivity contribution in [1.29, 1.82) is 0 Å². The van der Waals surface area contributed by atoms with E-state index in [2.05, 4.69) is 10.4 Å². The number of carbonyl (C=O) groups excluding carboxylic acids is 1. The number of aromatic nitrogens is 2. The van der Waals surface area contributed by atoms with E-state index in [0.29, 0.717) is 12.2 Å². The van der Waals surface area contributed by atoms with Crippen LogP contribution in [0.15, 0.2) is 36.7 Å². The number of benzene rings is 1. The van der Waals surface area contributed by atoms with Crippen LogP contribution >= 0.6 is 0 Å². The Hall–Kier alpha value is -2.50. The summed E-state index contributed by atoms with van der Waals surface area (Å²) in [7, 11) is 1.76. The monoisotopic (exact) mass is 330 g/mol. The number of hydrogen-bond donors (Lipinski definition) is 1. The van der Waals surface area contributed by atoms with Crippen molar-refractivity contribution in [2.45, 2.75) is 46.4 Å². The highest BCUT2D eigenvalue weighted by molar-refractivity contribution is 5.88. The third-order valence-electron chi connectivity index (χ3n) is 3.42. The summed E-state index contributed by atoms with van der Waals surface area (Å²) in [5.74, 6) is 0.814. The zero-order valence-corrected chi connectivity index (χ0v) is 15.0. The molecule has 1 aromatic carbocycles. The van der Waals surface area contributed by atoms with Gasteiger partial charge in [-0.2, -0.15) is 5.10 Å². The molecule has 2 aromatic rings. The van der Waals surface area contributed by atoms with Crippen LogP contribution < -0.4 is 10.1 Å². The average Bonchev–Trinajstić information content (AvgIpc) is 2.95. The Kier molecular flexibility index (Phi) is 5.84. The minimum atomic E-state index is -0.173. The molecule has 130 valence electrons. The first kappa shape index (κ1) is 17.8. The molecule has 24 heavy (non-hydrogen) atoms. The summed E-state index contributed by atoms with van der Waals surface area (Å²) in [6, 6.07) is 7.88. The minimum Gasteiger partial charge on any atom is -0.491 e. The topological polar surface area (TPSA) is 59.4 Å². The first-order valence-electron chi connectivity index (χ1n) is 8.17. The normalized spacial score (nSPS) is 11.0. The molecule has 6 nitrogen and oxygen atoms in total. The van der Waals surface area contributed by atoms with Crippen molar-refractivity contribution in [2.75, 3.05) is 12.4 Å². The fourth-order valence-corrected chi connectivity index (χ4v) is 2.24. The van der Waals surface area contributed by atoms with Gasteiger partial charge in [0.15, 0.2) is 0 Å². The summed E-state index contributed by atoms with van der Waals surface area (Å²) in [6.07, 6.45) is 3.61. The second kappa shape index (κ2) is 7.86. The van der Waals surface area contributed by atoms with Gasteiger partial charge in [-0.1, -0.05) is 12.1 Å². The van der Waals surface area contributed by atoms with Gasteiger partial charge < -0.3 is 15.0 Å². The number of rotatable bonds is 6. The number of amides is 2. The highest BCUT2D eigenvalue weighted by Crippen LogP contribution is 2.17. The smallest absolute Gasteiger partial charge is 0.321 e. The molecular formula is C18H26N4O2. The summed E-state index contributed by atoms with van der Waals surface area (Å²) in [5.41, 5.74) is 1.71. The zero-order valence-electron chi connectivity index (χ0n) is 15.0. The van der Waals surface area contributed by atoms with Crippen molar-refractivity contribution in [1.82, 2.24) is 14.7 Å². The van der Waals surface area contributed by atoms with Crippen molar-refractivity contribution in [3.8, 4) is 5.75 Å². The molecule has 0 fully saturated rings. The number of nitrogens with one attached hydrogen (secondary N) is 1. The first-order valence-corrected chi connectivity index (χ1v) is 8.17. The van der Waals surface area contributed by atoms with Crippen molar-refractivity contribution < 1.29 is 9.53 Å². The Morgan fingerprint density at radius 3 is 2.71 bits per heavy atom. The number of anilines is 1. The predicted molar refractivity (Wildman–Crippen MR) is 95.3 cm³/mol. The van der Waals surface area contributed by atoms with E-state index < -0.39 is 0 Å². The maximum absolute atomic E-state index is 12.3. The van der Waals surface area contributed by atoms with Crippen LogP contribution in [0.3, 0.4) is 0 Å². The van der Waals surface area contributed by atoms with Crippen LogP contribution in [-0.2, 0) is 6.54 Å². The summed E-state index contributed by atoms with van der Waals surface area (Å²) in [5, 5.41) is 7.07. The molecule has 0 bridgehead atoms. The molecule has 1 aromatic heterocycles.